The molecule has 1 fully saturated rings. The smallest absolute Gasteiger partial charge is 0.261 e. The molecule has 136 valence electrons. The molecule has 3 heterocycles. The molecule has 0 atom stereocenters. The van der Waals surface area contributed by atoms with Crippen molar-refractivity contribution in [2.75, 3.05) is 24.5 Å². The summed E-state index contributed by atoms with van der Waals surface area (Å²) >= 11 is 0. The molecule has 4 rings (SSSR count). The van der Waals surface area contributed by atoms with E-state index in [4.69, 9.17) is 0 Å². The fraction of sp³-hybridized carbons (Fsp3) is 0.350. The first kappa shape index (κ1) is 18.6. The van der Waals surface area contributed by atoms with Crippen molar-refractivity contribution in [2.24, 2.45) is 0 Å². The standard InChI is InChI=1S/C20H22N3O2.BrH/c24-19-17-6-2-3-7-18(17)20(25)23(19)15-14-21-12-8-16(9-13-21)22-10-4-1-5-11-22;/h2-3,6-9,12-13H,1,4-5,10-11,14-15H2;1H/q+1;/p-1. The number of hydrogen-bond acceptors (Lipinski definition) is 3. The summed E-state index contributed by atoms with van der Waals surface area (Å²) in [6.07, 6.45) is 7.90. The van der Waals surface area contributed by atoms with Gasteiger partial charge < -0.3 is 21.9 Å². The van der Waals surface area contributed by atoms with E-state index in [0.717, 1.165) is 13.1 Å². The van der Waals surface area contributed by atoms with E-state index in [-0.39, 0.29) is 28.8 Å². The van der Waals surface area contributed by atoms with E-state index in [1.807, 2.05) is 17.0 Å². The minimum atomic E-state index is -0.189. The van der Waals surface area contributed by atoms with E-state index in [9.17, 15) is 9.59 Å². The lowest BCUT2D eigenvalue weighted by atomic mass is 10.1. The maximum atomic E-state index is 12.4. The fourth-order valence-corrected chi connectivity index (χ4v) is 3.62. The number of hydrogen-bond donors (Lipinski definition) is 0. The first-order chi connectivity index (χ1) is 12.2. The van der Waals surface area contributed by atoms with Crippen molar-refractivity contribution >= 4 is 17.5 Å². The monoisotopic (exact) mass is 415 g/mol. The number of imide groups is 1. The van der Waals surface area contributed by atoms with Gasteiger partial charge in [0.1, 0.15) is 0 Å². The van der Waals surface area contributed by atoms with Crippen LogP contribution in [0, 0.1) is 0 Å². The molecular weight excluding hydrogens is 394 g/mol. The van der Waals surface area contributed by atoms with Gasteiger partial charge in [0.2, 0.25) is 0 Å². The van der Waals surface area contributed by atoms with E-state index in [0.29, 0.717) is 24.2 Å². The number of amides is 2. The average molecular weight is 416 g/mol. The maximum Gasteiger partial charge on any atom is 0.261 e. The van der Waals surface area contributed by atoms with Crippen molar-refractivity contribution < 1.29 is 31.1 Å². The van der Waals surface area contributed by atoms with Crippen LogP contribution in [-0.2, 0) is 6.54 Å². The summed E-state index contributed by atoms with van der Waals surface area (Å²) in [5.74, 6) is -0.378. The second-order valence-corrected chi connectivity index (χ2v) is 6.65. The summed E-state index contributed by atoms with van der Waals surface area (Å²) in [7, 11) is 0. The molecule has 1 aromatic heterocycles. The van der Waals surface area contributed by atoms with Crippen LogP contribution in [0.3, 0.4) is 0 Å². The largest absolute Gasteiger partial charge is 1.00 e. The third kappa shape index (κ3) is 3.51. The van der Waals surface area contributed by atoms with Gasteiger partial charge in [0.15, 0.2) is 18.9 Å². The highest BCUT2D eigenvalue weighted by Crippen LogP contribution is 2.22. The van der Waals surface area contributed by atoms with Gasteiger partial charge in [-0.05, 0) is 31.4 Å². The van der Waals surface area contributed by atoms with Crippen molar-refractivity contribution in [1.29, 1.82) is 0 Å². The molecule has 0 radical (unpaired) electrons. The molecule has 2 aliphatic heterocycles. The molecule has 26 heavy (non-hydrogen) atoms. The highest BCUT2D eigenvalue weighted by atomic mass is 79.9. The van der Waals surface area contributed by atoms with Crippen molar-refractivity contribution in [3.8, 4) is 0 Å². The zero-order valence-corrected chi connectivity index (χ0v) is 16.2. The molecule has 1 aromatic carbocycles. The fourth-order valence-electron chi connectivity index (χ4n) is 3.62. The molecule has 0 unspecified atom stereocenters. The third-order valence-electron chi connectivity index (χ3n) is 5.05. The summed E-state index contributed by atoms with van der Waals surface area (Å²) in [6.45, 7) is 3.24. The van der Waals surface area contributed by atoms with Gasteiger partial charge in [0.05, 0.1) is 17.7 Å². The second kappa shape index (κ2) is 7.99. The van der Waals surface area contributed by atoms with Crippen LogP contribution in [0.4, 0.5) is 5.69 Å². The van der Waals surface area contributed by atoms with Gasteiger partial charge >= 0.3 is 0 Å². The molecule has 0 aliphatic carbocycles. The normalized spacial score (nSPS) is 16.5. The Morgan fingerprint density at radius 2 is 1.42 bits per heavy atom. The Hall–Kier alpha value is -2.21. The van der Waals surface area contributed by atoms with Crippen LogP contribution in [0.1, 0.15) is 40.0 Å². The van der Waals surface area contributed by atoms with Crippen LogP contribution in [0.5, 0.6) is 0 Å². The Kier molecular flexibility index (Phi) is 5.71. The lowest BCUT2D eigenvalue weighted by Crippen LogP contribution is -3.00. The maximum absolute atomic E-state index is 12.4. The topological polar surface area (TPSA) is 44.5 Å². The van der Waals surface area contributed by atoms with E-state index < -0.39 is 0 Å². The number of pyridine rings is 1. The van der Waals surface area contributed by atoms with E-state index in [1.54, 1.807) is 24.3 Å². The number of aromatic nitrogens is 1. The van der Waals surface area contributed by atoms with Gasteiger partial charge in [-0.15, -0.1) is 0 Å². The summed E-state index contributed by atoms with van der Waals surface area (Å²) < 4.78 is 2.02. The van der Waals surface area contributed by atoms with E-state index >= 15 is 0 Å². The van der Waals surface area contributed by atoms with Crippen LogP contribution in [0.25, 0.3) is 0 Å². The minimum absolute atomic E-state index is 0. The van der Waals surface area contributed by atoms with Gasteiger partial charge in [-0.3, -0.25) is 14.5 Å². The Morgan fingerprint density at radius 1 is 0.846 bits per heavy atom. The Bertz CT molecular complexity index is 766. The van der Waals surface area contributed by atoms with Crippen LogP contribution >= 0.6 is 0 Å². The molecule has 2 aliphatic rings. The van der Waals surface area contributed by atoms with Crippen LogP contribution in [0.15, 0.2) is 48.8 Å². The quantitative estimate of drug-likeness (QED) is 0.488. The lowest BCUT2D eigenvalue weighted by Gasteiger charge is -2.28. The average Bonchev–Trinajstić information content (AvgIpc) is 2.92. The summed E-state index contributed by atoms with van der Waals surface area (Å²) in [5, 5.41) is 0. The number of carbonyl (C=O) groups is 2. The minimum Gasteiger partial charge on any atom is -1.00 e. The SMILES string of the molecule is O=C1c2ccccc2C(=O)N1CC[n+]1ccc(N2CCCCC2)cc1.[Br-]. The Morgan fingerprint density at radius 3 is 2.00 bits per heavy atom. The van der Waals surface area contributed by atoms with Crippen LogP contribution in [0.2, 0.25) is 0 Å². The van der Waals surface area contributed by atoms with Crippen molar-refractivity contribution in [3.05, 3.63) is 59.9 Å². The van der Waals surface area contributed by atoms with Gasteiger partial charge in [0.25, 0.3) is 11.8 Å². The molecule has 6 heteroatoms. The van der Waals surface area contributed by atoms with Gasteiger partial charge in [-0.2, -0.15) is 0 Å². The number of anilines is 1. The zero-order chi connectivity index (χ0) is 17.2. The summed E-state index contributed by atoms with van der Waals surface area (Å²) in [4.78, 5) is 28.5. The number of rotatable bonds is 4. The molecule has 1 saturated heterocycles. The van der Waals surface area contributed by atoms with Crippen molar-refractivity contribution in [1.82, 2.24) is 4.90 Å². The number of halogens is 1. The van der Waals surface area contributed by atoms with Crippen LogP contribution < -0.4 is 26.4 Å². The van der Waals surface area contributed by atoms with Crippen molar-refractivity contribution in [3.63, 3.8) is 0 Å². The molecular formula is C20H22BrN3O2. The molecule has 2 aromatic rings. The van der Waals surface area contributed by atoms with Crippen LogP contribution in [-0.4, -0.2) is 36.3 Å². The predicted molar refractivity (Wildman–Crippen MR) is 94.5 cm³/mol. The number of fused-ring (bicyclic) bond motifs is 1. The lowest BCUT2D eigenvalue weighted by molar-refractivity contribution is -0.695. The predicted octanol–water partition coefficient (Wildman–Crippen LogP) is -0.735. The first-order valence-electron chi connectivity index (χ1n) is 8.93. The summed E-state index contributed by atoms with van der Waals surface area (Å²) in [5.41, 5.74) is 2.27. The zero-order valence-electron chi connectivity index (χ0n) is 14.6. The van der Waals surface area contributed by atoms with E-state index in [1.165, 1.54) is 29.8 Å². The van der Waals surface area contributed by atoms with Crippen molar-refractivity contribution in [2.45, 2.75) is 25.8 Å². The molecule has 0 N–H and O–H groups in total. The highest BCUT2D eigenvalue weighted by Gasteiger charge is 2.35. The number of benzene rings is 1. The number of nitrogens with zero attached hydrogens (tertiary/aromatic N) is 3. The highest BCUT2D eigenvalue weighted by molar-refractivity contribution is 6.21. The summed E-state index contributed by atoms with van der Waals surface area (Å²) in [6, 6.07) is 11.3. The Balaban J connectivity index is 0.00000196. The third-order valence-corrected chi connectivity index (χ3v) is 5.05. The number of piperidine rings is 1. The first-order valence-corrected chi connectivity index (χ1v) is 8.93. The Labute approximate surface area is 164 Å². The van der Waals surface area contributed by atoms with E-state index in [2.05, 4.69) is 17.0 Å². The van der Waals surface area contributed by atoms with Gasteiger partial charge in [-0.25, -0.2) is 4.57 Å². The molecule has 5 nitrogen and oxygen atoms in total. The number of carbonyl (C=O) groups excluding carboxylic acids is 2. The van der Waals surface area contributed by atoms with Gasteiger partial charge in [0, 0.05) is 30.9 Å². The van der Waals surface area contributed by atoms with Gasteiger partial charge in [-0.1, -0.05) is 12.1 Å². The molecule has 0 bridgehead atoms. The second-order valence-electron chi connectivity index (χ2n) is 6.65. The molecule has 2 amide bonds. The molecule has 0 saturated carbocycles. The molecule has 0 spiro atoms.